The average molecular weight is 378 g/mol. The number of benzene rings is 1. The highest BCUT2D eigenvalue weighted by molar-refractivity contribution is 7.98. The van der Waals surface area contributed by atoms with Gasteiger partial charge in [-0.15, -0.1) is 16.9 Å². The van der Waals surface area contributed by atoms with Gasteiger partial charge in [-0.1, -0.05) is 18.2 Å². The Morgan fingerprint density at radius 3 is 2.74 bits per heavy atom. The van der Waals surface area contributed by atoms with Gasteiger partial charge in [0.15, 0.2) is 5.82 Å². The number of carbonyl (C=O) groups excluding carboxylic acids is 1. The third-order valence-electron chi connectivity index (χ3n) is 4.18. The number of thioether (sulfide) groups is 1. The van der Waals surface area contributed by atoms with E-state index >= 15 is 0 Å². The van der Waals surface area contributed by atoms with E-state index in [1.165, 1.54) is 0 Å². The number of aryl methyl sites for hydroxylation is 1. The molecule has 0 spiro atoms. The van der Waals surface area contributed by atoms with Crippen LogP contribution < -0.4 is 11.1 Å². The molecule has 3 N–H and O–H groups in total. The van der Waals surface area contributed by atoms with Gasteiger partial charge in [0.05, 0.1) is 16.9 Å². The van der Waals surface area contributed by atoms with E-state index in [1.54, 1.807) is 27.2 Å². The smallest absolute Gasteiger partial charge is 0.262 e. The fraction of sp³-hybridized carbons (Fsp3) is 0.105. The van der Waals surface area contributed by atoms with Crippen LogP contribution in [0.25, 0.3) is 11.2 Å². The lowest BCUT2D eigenvalue weighted by molar-refractivity contribution is 0.102. The molecule has 0 aliphatic rings. The summed E-state index contributed by atoms with van der Waals surface area (Å²) in [6.45, 7) is 1.89. The van der Waals surface area contributed by atoms with Crippen molar-refractivity contribution < 1.29 is 4.79 Å². The summed E-state index contributed by atoms with van der Waals surface area (Å²) in [5.74, 6) is 0.441. The molecule has 0 unspecified atom stereocenters. The first-order valence-corrected chi connectivity index (χ1v) is 9.55. The van der Waals surface area contributed by atoms with Crippen molar-refractivity contribution in [1.29, 1.82) is 0 Å². The predicted molar refractivity (Wildman–Crippen MR) is 108 cm³/mol. The molecule has 3 aromatic heterocycles. The highest BCUT2D eigenvalue weighted by Crippen LogP contribution is 2.27. The highest BCUT2D eigenvalue weighted by atomic mass is 32.2. The molecule has 1 amide bonds. The summed E-state index contributed by atoms with van der Waals surface area (Å²) in [6.07, 6.45) is 3.76. The Balaban J connectivity index is 1.75. The van der Waals surface area contributed by atoms with E-state index in [2.05, 4.69) is 15.5 Å². The van der Waals surface area contributed by atoms with Crippen molar-refractivity contribution in [3.8, 4) is 5.69 Å². The summed E-state index contributed by atoms with van der Waals surface area (Å²) in [5, 5.41) is 11.7. The number of carbonyl (C=O) groups is 1. The fourth-order valence-electron chi connectivity index (χ4n) is 3.01. The summed E-state index contributed by atoms with van der Waals surface area (Å²) in [7, 11) is 0. The second kappa shape index (κ2) is 6.81. The number of rotatable bonds is 4. The number of anilines is 2. The highest BCUT2D eigenvalue weighted by Gasteiger charge is 2.20. The van der Waals surface area contributed by atoms with E-state index in [0.717, 1.165) is 16.3 Å². The molecule has 0 saturated carbocycles. The first-order chi connectivity index (χ1) is 13.1. The van der Waals surface area contributed by atoms with Crippen LogP contribution >= 0.6 is 11.8 Å². The van der Waals surface area contributed by atoms with Gasteiger partial charge in [0.1, 0.15) is 11.4 Å². The zero-order valence-electron chi connectivity index (χ0n) is 14.9. The van der Waals surface area contributed by atoms with Gasteiger partial charge >= 0.3 is 0 Å². The molecule has 8 heteroatoms. The van der Waals surface area contributed by atoms with Gasteiger partial charge < -0.3 is 11.1 Å². The molecule has 0 fully saturated rings. The molecular weight excluding hydrogens is 360 g/mol. The molecule has 0 aliphatic heterocycles. The molecule has 4 aromatic rings. The maximum Gasteiger partial charge on any atom is 0.262 e. The van der Waals surface area contributed by atoms with Crippen LogP contribution in [0.2, 0.25) is 0 Å². The topological polar surface area (TPSA) is 90.2 Å². The molecule has 0 radical (unpaired) electrons. The number of nitrogens with zero attached hydrogens (tertiary/aromatic N) is 4. The van der Waals surface area contributed by atoms with E-state index in [-0.39, 0.29) is 11.7 Å². The lowest BCUT2D eigenvalue weighted by atomic mass is 10.2. The van der Waals surface area contributed by atoms with Gasteiger partial charge in [0.2, 0.25) is 0 Å². The summed E-state index contributed by atoms with van der Waals surface area (Å²) >= 11 is 1.62. The summed E-state index contributed by atoms with van der Waals surface area (Å²) in [4.78, 5) is 14.0. The Hall–Kier alpha value is -3.26. The molecule has 7 nitrogen and oxygen atoms in total. The molecule has 0 aliphatic carbocycles. The molecule has 4 rings (SSSR count). The number of fused-ring (bicyclic) bond motifs is 1. The molecule has 0 atom stereocenters. The zero-order chi connectivity index (χ0) is 19.0. The summed E-state index contributed by atoms with van der Waals surface area (Å²) in [5.41, 5.74) is 8.69. The number of nitrogen functional groups attached to an aromatic ring is 1. The van der Waals surface area contributed by atoms with Gasteiger partial charge in [0, 0.05) is 17.2 Å². The second-order valence-electron chi connectivity index (χ2n) is 6.00. The molecule has 136 valence electrons. The van der Waals surface area contributed by atoms with E-state index < -0.39 is 0 Å². The fourth-order valence-corrected chi connectivity index (χ4v) is 3.58. The number of pyridine rings is 1. The number of nitrogens with two attached hydrogens (primary N) is 1. The van der Waals surface area contributed by atoms with E-state index in [4.69, 9.17) is 5.73 Å². The molecule has 0 saturated heterocycles. The number of amides is 1. The first-order valence-electron chi connectivity index (χ1n) is 8.32. The minimum atomic E-state index is -0.323. The largest absolute Gasteiger partial charge is 0.382 e. The van der Waals surface area contributed by atoms with Crippen LogP contribution in [0.15, 0.2) is 59.6 Å². The minimum absolute atomic E-state index is 0.186. The van der Waals surface area contributed by atoms with E-state index in [0.29, 0.717) is 16.9 Å². The predicted octanol–water partition coefficient (Wildman–Crippen LogP) is 3.38. The molecule has 1 aromatic carbocycles. The van der Waals surface area contributed by atoms with Crippen molar-refractivity contribution in [2.45, 2.75) is 11.8 Å². The van der Waals surface area contributed by atoms with Crippen molar-refractivity contribution in [1.82, 2.24) is 19.4 Å². The SMILES string of the molecule is CSc1ccccc1-n1nc(C)cc1NC(=O)c1c(N)nn2ccccc12. The van der Waals surface area contributed by atoms with Crippen LogP contribution in [0.3, 0.4) is 0 Å². The average Bonchev–Trinajstić information content (AvgIpc) is 3.20. The van der Waals surface area contributed by atoms with Crippen LogP contribution in [0.5, 0.6) is 0 Å². The monoisotopic (exact) mass is 378 g/mol. The third kappa shape index (κ3) is 3.04. The number of hydrogen-bond donors (Lipinski definition) is 2. The quantitative estimate of drug-likeness (QED) is 0.531. The van der Waals surface area contributed by atoms with Crippen molar-refractivity contribution in [2.24, 2.45) is 0 Å². The molecule has 0 bridgehead atoms. The van der Waals surface area contributed by atoms with Crippen molar-refractivity contribution in [3.63, 3.8) is 0 Å². The van der Waals surface area contributed by atoms with Crippen molar-refractivity contribution >= 4 is 34.8 Å². The number of nitrogens with one attached hydrogen (secondary N) is 1. The van der Waals surface area contributed by atoms with Crippen LogP contribution in [0, 0.1) is 6.92 Å². The van der Waals surface area contributed by atoms with E-state index in [1.807, 2.05) is 61.7 Å². The van der Waals surface area contributed by atoms with Crippen LogP contribution in [0.1, 0.15) is 16.1 Å². The van der Waals surface area contributed by atoms with Crippen LogP contribution in [0.4, 0.5) is 11.6 Å². The van der Waals surface area contributed by atoms with Crippen molar-refractivity contribution in [3.05, 3.63) is 66.0 Å². The first kappa shape index (κ1) is 17.2. The maximum absolute atomic E-state index is 13.0. The van der Waals surface area contributed by atoms with Gasteiger partial charge in [-0.05, 0) is 37.4 Å². The van der Waals surface area contributed by atoms with Crippen LogP contribution in [-0.2, 0) is 0 Å². The van der Waals surface area contributed by atoms with Crippen LogP contribution in [-0.4, -0.2) is 31.6 Å². The van der Waals surface area contributed by atoms with Gasteiger partial charge in [-0.25, -0.2) is 9.20 Å². The van der Waals surface area contributed by atoms with E-state index in [9.17, 15) is 4.79 Å². The standard InChI is InChI=1S/C19H18N6OS/c1-12-11-16(25(22-12)13-7-3-4-9-15(13)27-2)21-19(26)17-14-8-5-6-10-24(14)23-18(17)20/h3-11H,1-2H3,(H2,20,23)(H,21,26). The normalized spacial score (nSPS) is 11.0. The molecule has 27 heavy (non-hydrogen) atoms. The summed E-state index contributed by atoms with van der Waals surface area (Å²) in [6, 6.07) is 15.2. The second-order valence-corrected chi connectivity index (χ2v) is 6.85. The Morgan fingerprint density at radius 2 is 1.93 bits per heavy atom. The van der Waals surface area contributed by atoms with Gasteiger partial charge in [-0.3, -0.25) is 4.79 Å². The number of para-hydroxylation sites is 1. The minimum Gasteiger partial charge on any atom is -0.382 e. The Kier molecular flexibility index (Phi) is 4.33. The summed E-state index contributed by atoms with van der Waals surface area (Å²) < 4.78 is 3.33. The number of hydrogen-bond acceptors (Lipinski definition) is 5. The maximum atomic E-state index is 13.0. The van der Waals surface area contributed by atoms with Gasteiger partial charge in [0.25, 0.3) is 5.91 Å². The molecular formula is C19H18N6OS. The van der Waals surface area contributed by atoms with Gasteiger partial charge in [-0.2, -0.15) is 5.10 Å². The molecule has 3 heterocycles. The third-order valence-corrected chi connectivity index (χ3v) is 4.97. The Labute approximate surface area is 160 Å². The number of aromatic nitrogens is 4. The Morgan fingerprint density at radius 1 is 1.15 bits per heavy atom. The Bertz CT molecular complexity index is 1150. The lowest BCUT2D eigenvalue weighted by Crippen LogP contribution is -2.16. The lowest BCUT2D eigenvalue weighted by Gasteiger charge is -2.11. The van der Waals surface area contributed by atoms with Crippen molar-refractivity contribution in [2.75, 3.05) is 17.3 Å². The zero-order valence-corrected chi connectivity index (χ0v) is 15.7.